The topological polar surface area (TPSA) is 56.5 Å². The van der Waals surface area contributed by atoms with Crippen LogP contribution in [0.4, 0.5) is 0 Å². The summed E-state index contributed by atoms with van der Waals surface area (Å²) in [5.74, 6) is 0.633. The first-order valence-electron chi connectivity index (χ1n) is 6.93. The van der Waals surface area contributed by atoms with Gasteiger partial charge in [0.1, 0.15) is 16.9 Å². The van der Waals surface area contributed by atoms with Crippen molar-refractivity contribution in [2.45, 2.75) is 13.3 Å². The lowest BCUT2D eigenvalue weighted by Crippen LogP contribution is -2.04. The molecule has 2 aromatic carbocycles. The number of fused-ring (bicyclic) bond motifs is 2. The van der Waals surface area contributed by atoms with E-state index in [1.807, 2.05) is 6.92 Å². The molecule has 0 unspecified atom stereocenters. The van der Waals surface area contributed by atoms with E-state index in [9.17, 15) is 9.59 Å². The average molecular weight is 317 g/mol. The zero-order chi connectivity index (χ0) is 15.7. The van der Waals surface area contributed by atoms with Crippen LogP contribution in [0.15, 0.2) is 45.6 Å². The Morgan fingerprint density at radius 1 is 1.14 bits per heavy atom. The lowest BCUT2D eigenvalue weighted by Gasteiger charge is -2.06. The van der Waals surface area contributed by atoms with E-state index in [1.165, 1.54) is 12.1 Å². The van der Waals surface area contributed by atoms with E-state index in [0.29, 0.717) is 39.9 Å². The molecule has 0 spiro atoms. The van der Waals surface area contributed by atoms with Gasteiger partial charge in [-0.25, -0.2) is 0 Å². The van der Waals surface area contributed by atoms with E-state index in [1.54, 1.807) is 24.3 Å². The largest absolute Gasteiger partial charge is 0.494 e. The summed E-state index contributed by atoms with van der Waals surface area (Å²) >= 11 is 5.46. The molecular weight excluding hydrogens is 304 g/mol. The third-order valence-electron chi connectivity index (χ3n) is 3.34. The minimum Gasteiger partial charge on any atom is -0.494 e. The zero-order valence-corrected chi connectivity index (χ0v) is 12.6. The number of carbonyl (C=O) groups is 1. The van der Waals surface area contributed by atoms with Gasteiger partial charge in [0.25, 0.3) is 5.24 Å². The van der Waals surface area contributed by atoms with E-state index < -0.39 is 5.24 Å². The Balaban J connectivity index is 2.22. The van der Waals surface area contributed by atoms with Gasteiger partial charge in [0, 0.05) is 5.56 Å². The molecule has 112 valence electrons. The van der Waals surface area contributed by atoms with E-state index in [0.717, 1.165) is 6.42 Å². The monoisotopic (exact) mass is 316 g/mol. The molecule has 0 atom stereocenters. The summed E-state index contributed by atoms with van der Waals surface area (Å²) in [6, 6.07) is 9.66. The Morgan fingerprint density at radius 2 is 1.95 bits per heavy atom. The van der Waals surface area contributed by atoms with Crippen molar-refractivity contribution in [2.24, 2.45) is 0 Å². The van der Waals surface area contributed by atoms with Crippen LogP contribution >= 0.6 is 11.6 Å². The van der Waals surface area contributed by atoms with Gasteiger partial charge in [0.2, 0.25) is 5.43 Å². The van der Waals surface area contributed by atoms with Crippen LogP contribution in [0.5, 0.6) is 5.75 Å². The minimum atomic E-state index is -0.590. The van der Waals surface area contributed by atoms with Crippen molar-refractivity contribution in [3.05, 3.63) is 52.2 Å². The third-order valence-corrected chi connectivity index (χ3v) is 3.56. The van der Waals surface area contributed by atoms with Crippen molar-refractivity contribution in [2.75, 3.05) is 6.61 Å². The fourth-order valence-electron chi connectivity index (χ4n) is 2.27. The Kier molecular flexibility index (Phi) is 3.86. The third kappa shape index (κ3) is 2.57. The van der Waals surface area contributed by atoms with Crippen LogP contribution in [0.3, 0.4) is 0 Å². The van der Waals surface area contributed by atoms with Gasteiger partial charge >= 0.3 is 0 Å². The number of ether oxygens (including phenoxy) is 1. The molecule has 1 heterocycles. The van der Waals surface area contributed by atoms with E-state index in [4.69, 9.17) is 20.8 Å². The average Bonchev–Trinajstić information content (AvgIpc) is 2.52. The number of halogens is 1. The zero-order valence-electron chi connectivity index (χ0n) is 11.9. The first kappa shape index (κ1) is 14.6. The van der Waals surface area contributed by atoms with Crippen molar-refractivity contribution in [1.29, 1.82) is 0 Å². The van der Waals surface area contributed by atoms with Crippen LogP contribution in [-0.4, -0.2) is 11.8 Å². The van der Waals surface area contributed by atoms with Gasteiger partial charge < -0.3 is 9.15 Å². The second-order valence-corrected chi connectivity index (χ2v) is 5.27. The molecule has 0 amide bonds. The molecule has 0 radical (unpaired) electrons. The molecule has 0 saturated heterocycles. The van der Waals surface area contributed by atoms with Crippen molar-refractivity contribution < 1.29 is 13.9 Å². The number of carbonyl (C=O) groups excluding carboxylic acids is 1. The Morgan fingerprint density at radius 3 is 2.68 bits per heavy atom. The van der Waals surface area contributed by atoms with Crippen LogP contribution in [-0.2, 0) is 0 Å². The predicted molar refractivity (Wildman–Crippen MR) is 86.0 cm³/mol. The summed E-state index contributed by atoms with van der Waals surface area (Å²) in [4.78, 5) is 23.8. The van der Waals surface area contributed by atoms with Gasteiger partial charge in [0.05, 0.1) is 17.4 Å². The highest BCUT2D eigenvalue weighted by molar-refractivity contribution is 6.67. The van der Waals surface area contributed by atoms with Gasteiger partial charge in [-0.3, -0.25) is 9.59 Å². The maximum atomic E-state index is 12.6. The Labute approximate surface area is 131 Å². The maximum absolute atomic E-state index is 12.6. The van der Waals surface area contributed by atoms with Crippen molar-refractivity contribution in [1.82, 2.24) is 0 Å². The normalized spacial score (nSPS) is 11.0. The minimum absolute atomic E-state index is 0.160. The maximum Gasteiger partial charge on any atom is 0.252 e. The Bertz CT molecular complexity index is 927. The first-order chi connectivity index (χ1) is 10.6. The van der Waals surface area contributed by atoms with Crippen LogP contribution in [0.2, 0.25) is 0 Å². The highest BCUT2D eigenvalue weighted by Gasteiger charge is 2.11. The fourth-order valence-corrected chi connectivity index (χ4v) is 2.38. The molecule has 0 aliphatic heterocycles. The summed E-state index contributed by atoms with van der Waals surface area (Å²) in [6.45, 7) is 2.60. The molecule has 4 nitrogen and oxygen atoms in total. The lowest BCUT2D eigenvalue weighted by molar-refractivity contribution is 0.108. The molecule has 0 N–H and O–H groups in total. The SMILES string of the molecule is CCCOc1ccc2oc3cc(C(=O)Cl)ccc3c(=O)c2c1. The highest BCUT2D eigenvalue weighted by Crippen LogP contribution is 2.24. The van der Waals surface area contributed by atoms with Crippen LogP contribution < -0.4 is 10.2 Å². The van der Waals surface area contributed by atoms with E-state index in [-0.39, 0.29) is 5.43 Å². The van der Waals surface area contributed by atoms with Crippen molar-refractivity contribution in [3.8, 4) is 5.75 Å². The molecule has 22 heavy (non-hydrogen) atoms. The number of hydrogen-bond acceptors (Lipinski definition) is 4. The second-order valence-electron chi connectivity index (χ2n) is 4.92. The molecule has 0 aliphatic carbocycles. The van der Waals surface area contributed by atoms with Gasteiger partial charge in [0.15, 0.2) is 0 Å². The molecular formula is C17H13ClO4. The highest BCUT2D eigenvalue weighted by atomic mass is 35.5. The van der Waals surface area contributed by atoms with Crippen LogP contribution in [0.25, 0.3) is 21.9 Å². The number of rotatable bonds is 4. The molecule has 3 rings (SSSR count). The molecule has 0 saturated carbocycles. The van der Waals surface area contributed by atoms with Gasteiger partial charge in [-0.05, 0) is 54.4 Å². The van der Waals surface area contributed by atoms with Gasteiger partial charge in [-0.15, -0.1) is 0 Å². The molecule has 5 heteroatoms. The quantitative estimate of drug-likeness (QED) is 0.537. The summed E-state index contributed by atoms with van der Waals surface area (Å²) in [5, 5.41) is 0.265. The number of hydrogen-bond donors (Lipinski definition) is 0. The first-order valence-corrected chi connectivity index (χ1v) is 7.31. The van der Waals surface area contributed by atoms with E-state index in [2.05, 4.69) is 0 Å². The van der Waals surface area contributed by atoms with Gasteiger partial charge in [-0.2, -0.15) is 0 Å². The van der Waals surface area contributed by atoms with Crippen LogP contribution in [0, 0.1) is 0 Å². The standard InChI is InChI=1S/C17H13ClO4/c1-2-7-21-11-4-6-14-13(9-11)16(19)12-5-3-10(17(18)20)8-15(12)22-14/h3-6,8-9H,2,7H2,1H3. The molecule has 0 fully saturated rings. The molecule has 3 aromatic rings. The Hall–Kier alpha value is -2.33. The molecule has 1 aromatic heterocycles. The van der Waals surface area contributed by atoms with Crippen LogP contribution in [0.1, 0.15) is 23.7 Å². The summed E-state index contributed by atoms with van der Waals surface area (Å²) in [6.07, 6.45) is 0.888. The van der Waals surface area contributed by atoms with Crippen molar-refractivity contribution in [3.63, 3.8) is 0 Å². The second kappa shape index (κ2) is 5.81. The lowest BCUT2D eigenvalue weighted by atomic mass is 10.1. The smallest absolute Gasteiger partial charge is 0.252 e. The summed E-state index contributed by atoms with van der Waals surface area (Å²) in [7, 11) is 0. The molecule has 0 aliphatic rings. The predicted octanol–water partition coefficient (Wildman–Crippen LogP) is 4.11. The van der Waals surface area contributed by atoms with Crippen molar-refractivity contribution >= 4 is 38.8 Å². The van der Waals surface area contributed by atoms with Gasteiger partial charge in [-0.1, -0.05) is 6.92 Å². The van der Waals surface area contributed by atoms with E-state index >= 15 is 0 Å². The summed E-state index contributed by atoms with van der Waals surface area (Å²) < 4.78 is 11.2. The molecule has 0 bridgehead atoms. The number of benzene rings is 2. The fraction of sp³-hybridized carbons (Fsp3) is 0.176. The summed E-state index contributed by atoms with van der Waals surface area (Å²) in [5.41, 5.74) is 0.915.